The molecule has 4 nitrogen and oxygen atoms in total. The minimum absolute atomic E-state index is 0.683. The van der Waals surface area contributed by atoms with Gasteiger partial charge in [-0.25, -0.2) is 0 Å². The number of piperazine rings is 1. The third-order valence-corrected chi connectivity index (χ3v) is 3.90. The predicted molar refractivity (Wildman–Crippen MR) is 82.1 cm³/mol. The maximum absolute atomic E-state index is 6.04. The number of anilines is 2. The van der Waals surface area contributed by atoms with E-state index < -0.39 is 0 Å². The maximum Gasteiger partial charge on any atom is 0.117 e. The van der Waals surface area contributed by atoms with Gasteiger partial charge in [-0.3, -0.25) is 4.90 Å². The lowest BCUT2D eigenvalue weighted by Gasteiger charge is -2.36. The lowest BCUT2D eigenvalue weighted by Crippen LogP contribution is -2.46. The van der Waals surface area contributed by atoms with Crippen LogP contribution in [0.5, 0.6) is 0 Å². The van der Waals surface area contributed by atoms with Gasteiger partial charge in [0.25, 0.3) is 0 Å². The Balaban J connectivity index is 1.60. The first-order chi connectivity index (χ1) is 9.72. The van der Waals surface area contributed by atoms with Crippen molar-refractivity contribution in [1.29, 1.82) is 0 Å². The summed E-state index contributed by atoms with van der Waals surface area (Å²) in [5, 5.41) is 0.683. The third kappa shape index (κ3) is 2.92. The second-order valence-corrected chi connectivity index (χ2v) is 5.48. The van der Waals surface area contributed by atoms with Crippen LogP contribution in [0.1, 0.15) is 5.76 Å². The molecule has 2 aromatic rings. The Labute approximate surface area is 123 Å². The molecule has 0 saturated carbocycles. The molecule has 2 heterocycles. The van der Waals surface area contributed by atoms with Crippen molar-refractivity contribution in [2.24, 2.45) is 0 Å². The van der Waals surface area contributed by atoms with Gasteiger partial charge in [-0.2, -0.15) is 0 Å². The number of rotatable bonds is 3. The first-order valence-corrected chi connectivity index (χ1v) is 7.15. The monoisotopic (exact) mass is 291 g/mol. The van der Waals surface area contributed by atoms with Crippen molar-refractivity contribution >= 4 is 23.0 Å². The second-order valence-electron chi connectivity index (χ2n) is 5.05. The summed E-state index contributed by atoms with van der Waals surface area (Å²) < 4.78 is 5.39. The number of furan rings is 1. The fourth-order valence-electron chi connectivity index (χ4n) is 2.58. The Morgan fingerprint density at radius 1 is 1.15 bits per heavy atom. The number of nitrogens with two attached hydrogens (primary N) is 1. The number of nitrogen functional groups attached to an aromatic ring is 1. The molecule has 1 aromatic heterocycles. The van der Waals surface area contributed by atoms with E-state index in [1.807, 2.05) is 30.3 Å². The number of nitrogens with zero attached hydrogens (tertiary/aromatic N) is 2. The lowest BCUT2D eigenvalue weighted by molar-refractivity contribution is 0.230. The van der Waals surface area contributed by atoms with Gasteiger partial charge in [0, 0.05) is 31.2 Å². The number of benzene rings is 1. The van der Waals surface area contributed by atoms with Crippen molar-refractivity contribution in [1.82, 2.24) is 4.90 Å². The molecular weight excluding hydrogens is 274 g/mol. The summed E-state index contributed by atoms with van der Waals surface area (Å²) in [7, 11) is 0. The Bertz CT molecular complexity index is 563. The van der Waals surface area contributed by atoms with Crippen molar-refractivity contribution in [2.75, 3.05) is 36.8 Å². The van der Waals surface area contributed by atoms with Crippen LogP contribution in [0.4, 0.5) is 11.4 Å². The second kappa shape index (κ2) is 5.77. The molecule has 0 amide bonds. The highest BCUT2D eigenvalue weighted by atomic mass is 35.5. The first-order valence-electron chi connectivity index (χ1n) is 6.77. The lowest BCUT2D eigenvalue weighted by atomic mass is 10.2. The van der Waals surface area contributed by atoms with Crippen LogP contribution in [-0.4, -0.2) is 31.1 Å². The van der Waals surface area contributed by atoms with E-state index in [4.69, 9.17) is 21.8 Å². The smallest absolute Gasteiger partial charge is 0.117 e. The van der Waals surface area contributed by atoms with Crippen molar-refractivity contribution < 1.29 is 4.42 Å². The van der Waals surface area contributed by atoms with Crippen LogP contribution in [0.25, 0.3) is 0 Å². The zero-order chi connectivity index (χ0) is 13.9. The quantitative estimate of drug-likeness (QED) is 0.883. The normalized spacial score (nSPS) is 16.6. The van der Waals surface area contributed by atoms with Crippen LogP contribution >= 0.6 is 11.6 Å². The summed E-state index contributed by atoms with van der Waals surface area (Å²) in [5.74, 6) is 1.02. The molecule has 1 aromatic carbocycles. The van der Waals surface area contributed by atoms with E-state index in [1.165, 1.54) is 0 Å². The molecule has 1 saturated heterocycles. The van der Waals surface area contributed by atoms with Gasteiger partial charge in [-0.05, 0) is 30.3 Å². The maximum atomic E-state index is 6.04. The summed E-state index contributed by atoms with van der Waals surface area (Å²) in [5.41, 5.74) is 7.87. The molecule has 2 N–H and O–H groups in total. The van der Waals surface area contributed by atoms with E-state index in [2.05, 4.69) is 9.80 Å². The Morgan fingerprint density at radius 2 is 1.95 bits per heavy atom. The minimum Gasteiger partial charge on any atom is -0.468 e. The molecule has 0 spiro atoms. The van der Waals surface area contributed by atoms with Gasteiger partial charge in [0.05, 0.1) is 24.2 Å². The standard InChI is InChI=1S/C15H18ClN3O/c16-12-3-4-15(14(17)10-12)19-7-5-18(6-8-19)11-13-2-1-9-20-13/h1-4,9-10H,5-8,11,17H2. The zero-order valence-electron chi connectivity index (χ0n) is 11.3. The molecule has 20 heavy (non-hydrogen) atoms. The number of hydrogen-bond acceptors (Lipinski definition) is 4. The van der Waals surface area contributed by atoms with Crippen LogP contribution in [-0.2, 0) is 6.54 Å². The summed E-state index contributed by atoms with van der Waals surface area (Å²) in [6.07, 6.45) is 1.72. The van der Waals surface area contributed by atoms with Crippen molar-refractivity contribution in [3.8, 4) is 0 Å². The molecule has 1 fully saturated rings. The van der Waals surface area contributed by atoms with Gasteiger partial charge >= 0.3 is 0 Å². The number of halogens is 1. The van der Waals surface area contributed by atoms with E-state index in [9.17, 15) is 0 Å². The van der Waals surface area contributed by atoms with Crippen LogP contribution in [0.15, 0.2) is 41.0 Å². The molecule has 0 bridgehead atoms. The fourth-order valence-corrected chi connectivity index (χ4v) is 2.76. The van der Waals surface area contributed by atoms with Gasteiger partial charge in [0.1, 0.15) is 5.76 Å². The molecule has 0 radical (unpaired) electrons. The minimum atomic E-state index is 0.683. The van der Waals surface area contributed by atoms with E-state index >= 15 is 0 Å². The topological polar surface area (TPSA) is 45.6 Å². The van der Waals surface area contributed by atoms with Crippen LogP contribution in [0.3, 0.4) is 0 Å². The summed E-state index contributed by atoms with van der Waals surface area (Å²) in [4.78, 5) is 4.70. The van der Waals surface area contributed by atoms with Crippen LogP contribution < -0.4 is 10.6 Å². The highest BCUT2D eigenvalue weighted by Crippen LogP contribution is 2.27. The average molecular weight is 292 g/mol. The van der Waals surface area contributed by atoms with E-state index in [0.29, 0.717) is 5.02 Å². The molecule has 106 valence electrons. The molecular formula is C15H18ClN3O. The first kappa shape index (κ1) is 13.3. The highest BCUT2D eigenvalue weighted by molar-refractivity contribution is 6.31. The SMILES string of the molecule is Nc1cc(Cl)ccc1N1CCN(Cc2ccco2)CC1. The Morgan fingerprint density at radius 3 is 2.60 bits per heavy atom. The summed E-state index contributed by atoms with van der Waals surface area (Å²) >= 11 is 5.94. The summed E-state index contributed by atoms with van der Waals surface area (Å²) in [6.45, 7) is 4.81. The van der Waals surface area contributed by atoms with Gasteiger partial charge in [0.15, 0.2) is 0 Å². The van der Waals surface area contributed by atoms with Gasteiger partial charge in [-0.1, -0.05) is 11.6 Å². The molecule has 1 aliphatic rings. The van der Waals surface area contributed by atoms with Crippen molar-refractivity contribution in [2.45, 2.75) is 6.54 Å². The zero-order valence-corrected chi connectivity index (χ0v) is 12.0. The Hall–Kier alpha value is -1.65. The van der Waals surface area contributed by atoms with E-state index in [1.54, 1.807) is 6.26 Å². The van der Waals surface area contributed by atoms with Crippen molar-refractivity contribution in [3.05, 3.63) is 47.4 Å². The highest BCUT2D eigenvalue weighted by Gasteiger charge is 2.19. The molecule has 5 heteroatoms. The van der Waals surface area contributed by atoms with Crippen LogP contribution in [0.2, 0.25) is 5.02 Å². The third-order valence-electron chi connectivity index (χ3n) is 3.66. The molecule has 0 unspecified atom stereocenters. The van der Waals surface area contributed by atoms with E-state index in [0.717, 1.165) is 49.9 Å². The predicted octanol–water partition coefficient (Wildman–Crippen LogP) is 2.84. The molecule has 1 aliphatic heterocycles. The van der Waals surface area contributed by atoms with Gasteiger partial charge < -0.3 is 15.1 Å². The van der Waals surface area contributed by atoms with Gasteiger partial charge in [0.2, 0.25) is 0 Å². The van der Waals surface area contributed by atoms with Gasteiger partial charge in [-0.15, -0.1) is 0 Å². The van der Waals surface area contributed by atoms with Crippen molar-refractivity contribution in [3.63, 3.8) is 0 Å². The molecule has 0 atom stereocenters. The number of hydrogen-bond donors (Lipinski definition) is 1. The fraction of sp³-hybridized carbons (Fsp3) is 0.333. The largest absolute Gasteiger partial charge is 0.468 e. The molecule has 0 aliphatic carbocycles. The van der Waals surface area contributed by atoms with Crippen LogP contribution in [0, 0.1) is 0 Å². The summed E-state index contributed by atoms with van der Waals surface area (Å²) in [6, 6.07) is 9.65. The average Bonchev–Trinajstić information content (AvgIpc) is 2.93. The van der Waals surface area contributed by atoms with E-state index in [-0.39, 0.29) is 0 Å². The molecule has 3 rings (SSSR count). The Kier molecular flexibility index (Phi) is 3.85.